The van der Waals surface area contributed by atoms with E-state index >= 15 is 0 Å². The van der Waals surface area contributed by atoms with Crippen LogP contribution in [0.2, 0.25) is 0 Å². The zero-order valence-corrected chi connectivity index (χ0v) is 23.4. The Labute approximate surface area is 242 Å². The maximum absolute atomic E-state index is 14.1. The molecule has 2 heterocycles. The molecule has 208 valence electrons. The maximum atomic E-state index is 14.1. The van der Waals surface area contributed by atoms with Crippen LogP contribution in [-0.2, 0) is 4.79 Å². The van der Waals surface area contributed by atoms with Gasteiger partial charge in [0.1, 0.15) is 5.54 Å². The molecule has 41 heavy (non-hydrogen) atoms. The van der Waals surface area contributed by atoms with Crippen LogP contribution >= 0.6 is 0 Å². The van der Waals surface area contributed by atoms with Gasteiger partial charge in [0, 0.05) is 13.1 Å². The van der Waals surface area contributed by atoms with Gasteiger partial charge in [-0.2, -0.15) is 0 Å². The largest absolute Gasteiger partial charge is 0.326 e. The lowest BCUT2D eigenvalue weighted by molar-refractivity contribution is -0.134. The molecule has 4 aromatic rings. The predicted molar refractivity (Wildman–Crippen MR) is 161 cm³/mol. The van der Waals surface area contributed by atoms with Crippen molar-refractivity contribution in [3.63, 3.8) is 0 Å². The smallest absolute Gasteiger partial charge is 0.323 e. The summed E-state index contributed by atoms with van der Waals surface area (Å²) in [7, 11) is 2.06. The zero-order valence-electron chi connectivity index (χ0n) is 23.4. The van der Waals surface area contributed by atoms with Crippen molar-refractivity contribution in [3.8, 4) is 0 Å². The van der Waals surface area contributed by atoms with E-state index in [1.165, 1.54) is 4.90 Å². The number of amides is 3. The fourth-order valence-electron chi connectivity index (χ4n) is 6.31. The SMILES string of the molecule is CN1CCC2(CC1)NC(=O)N(CN(C(c1ccccc1)c1ccccc1)C(c1ccccc1)c1ccccc1)C2=O. The van der Waals surface area contributed by atoms with Gasteiger partial charge in [0.2, 0.25) is 0 Å². The number of hydrogen-bond acceptors (Lipinski definition) is 4. The van der Waals surface area contributed by atoms with Crippen LogP contribution in [0.1, 0.15) is 47.2 Å². The van der Waals surface area contributed by atoms with Crippen LogP contribution in [0.5, 0.6) is 0 Å². The van der Waals surface area contributed by atoms with Gasteiger partial charge in [0.05, 0.1) is 18.8 Å². The molecule has 0 bridgehead atoms. The van der Waals surface area contributed by atoms with Crippen molar-refractivity contribution in [3.05, 3.63) is 144 Å². The summed E-state index contributed by atoms with van der Waals surface area (Å²) in [5, 5.41) is 3.12. The Morgan fingerprint density at radius 2 is 1.02 bits per heavy atom. The second-order valence-corrected chi connectivity index (χ2v) is 11.2. The highest BCUT2D eigenvalue weighted by molar-refractivity contribution is 6.07. The van der Waals surface area contributed by atoms with E-state index in [0.29, 0.717) is 12.8 Å². The minimum atomic E-state index is -0.834. The van der Waals surface area contributed by atoms with Gasteiger partial charge in [-0.3, -0.25) is 9.69 Å². The summed E-state index contributed by atoms with van der Waals surface area (Å²) < 4.78 is 0. The molecule has 2 fully saturated rings. The fourth-order valence-corrected chi connectivity index (χ4v) is 6.31. The lowest BCUT2D eigenvalue weighted by Crippen LogP contribution is -2.54. The summed E-state index contributed by atoms with van der Waals surface area (Å²) in [6.07, 6.45) is 1.23. The van der Waals surface area contributed by atoms with E-state index in [-0.39, 0.29) is 30.7 Å². The van der Waals surface area contributed by atoms with Gasteiger partial charge < -0.3 is 10.2 Å². The molecule has 6 heteroatoms. The van der Waals surface area contributed by atoms with E-state index in [9.17, 15) is 9.59 Å². The number of imide groups is 1. The van der Waals surface area contributed by atoms with E-state index in [0.717, 1.165) is 35.3 Å². The molecule has 3 amide bonds. The van der Waals surface area contributed by atoms with Crippen LogP contribution in [0.25, 0.3) is 0 Å². The number of benzene rings is 4. The summed E-state index contributed by atoms with van der Waals surface area (Å²) in [6, 6.07) is 40.7. The maximum Gasteiger partial charge on any atom is 0.326 e. The summed E-state index contributed by atoms with van der Waals surface area (Å²) in [4.78, 5) is 33.7. The van der Waals surface area contributed by atoms with Crippen LogP contribution in [-0.4, -0.2) is 59.0 Å². The number of urea groups is 1. The summed E-state index contributed by atoms with van der Waals surface area (Å²) >= 11 is 0. The van der Waals surface area contributed by atoms with Crippen molar-refractivity contribution in [1.82, 2.24) is 20.0 Å². The number of nitrogens with one attached hydrogen (secondary N) is 1. The third-order valence-electron chi connectivity index (χ3n) is 8.52. The molecular weight excluding hydrogens is 508 g/mol. The van der Waals surface area contributed by atoms with E-state index in [2.05, 4.69) is 70.7 Å². The Morgan fingerprint density at radius 3 is 1.39 bits per heavy atom. The number of hydrogen-bond donors (Lipinski definition) is 1. The molecule has 4 aromatic carbocycles. The number of carbonyl (C=O) groups is 2. The topological polar surface area (TPSA) is 55.9 Å². The van der Waals surface area contributed by atoms with Crippen LogP contribution < -0.4 is 5.32 Å². The van der Waals surface area contributed by atoms with E-state index in [1.807, 2.05) is 72.8 Å². The summed E-state index contributed by atoms with van der Waals surface area (Å²) in [6.45, 7) is 1.69. The molecule has 6 rings (SSSR count). The standard InChI is InChI=1S/C35H36N4O2/c1-37-24-22-35(23-25-37)33(40)39(34(41)36-35)26-38(31(27-14-6-2-7-15-27)28-16-8-3-9-17-28)32(29-18-10-4-11-19-29)30-20-12-5-13-21-30/h2-21,31-32H,22-26H2,1H3,(H,36,41). The molecule has 2 aliphatic heterocycles. The molecule has 2 saturated heterocycles. The van der Waals surface area contributed by atoms with Crippen molar-refractivity contribution in [2.24, 2.45) is 0 Å². The van der Waals surface area contributed by atoms with Crippen LogP contribution in [0.15, 0.2) is 121 Å². The number of nitrogens with zero attached hydrogens (tertiary/aromatic N) is 3. The van der Waals surface area contributed by atoms with Crippen molar-refractivity contribution in [2.45, 2.75) is 30.5 Å². The van der Waals surface area contributed by atoms with Crippen LogP contribution in [0.3, 0.4) is 0 Å². The van der Waals surface area contributed by atoms with Gasteiger partial charge in [0.25, 0.3) is 5.91 Å². The van der Waals surface area contributed by atoms with Crippen molar-refractivity contribution >= 4 is 11.9 Å². The third kappa shape index (κ3) is 5.41. The van der Waals surface area contributed by atoms with E-state index < -0.39 is 5.54 Å². The van der Waals surface area contributed by atoms with Crippen molar-refractivity contribution in [2.75, 3.05) is 26.8 Å². The molecule has 0 radical (unpaired) electrons. The monoisotopic (exact) mass is 544 g/mol. The minimum absolute atomic E-state index is 0.125. The van der Waals surface area contributed by atoms with Gasteiger partial charge in [-0.1, -0.05) is 121 Å². The molecule has 0 saturated carbocycles. The molecule has 1 N–H and O–H groups in total. The molecule has 1 spiro atoms. The van der Waals surface area contributed by atoms with Crippen LogP contribution in [0, 0.1) is 0 Å². The van der Waals surface area contributed by atoms with E-state index in [1.54, 1.807) is 0 Å². The van der Waals surface area contributed by atoms with Gasteiger partial charge in [-0.05, 0) is 42.1 Å². The Kier molecular flexibility index (Phi) is 7.68. The summed E-state index contributed by atoms with van der Waals surface area (Å²) in [5.74, 6) is -0.125. The normalized spacial score (nSPS) is 17.1. The molecule has 2 aliphatic rings. The van der Waals surface area contributed by atoms with Crippen molar-refractivity contribution in [1.29, 1.82) is 0 Å². The van der Waals surface area contributed by atoms with Gasteiger partial charge >= 0.3 is 6.03 Å². The molecule has 0 unspecified atom stereocenters. The highest BCUT2D eigenvalue weighted by atomic mass is 16.2. The highest BCUT2D eigenvalue weighted by Gasteiger charge is 2.53. The highest BCUT2D eigenvalue weighted by Crippen LogP contribution is 2.40. The Hall–Kier alpha value is -4.26. The third-order valence-corrected chi connectivity index (χ3v) is 8.52. The predicted octanol–water partition coefficient (Wildman–Crippen LogP) is 5.84. The molecule has 0 atom stereocenters. The number of rotatable bonds is 8. The average molecular weight is 545 g/mol. The Morgan fingerprint density at radius 1 is 0.659 bits per heavy atom. The molecule has 0 aromatic heterocycles. The van der Waals surface area contributed by atoms with Crippen molar-refractivity contribution < 1.29 is 9.59 Å². The van der Waals surface area contributed by atoms with Gasteiger partial charge in [-0.25, -0.2) is 9.69 Å². The second kappa shape index (κ2) is 11.7. The second-order valence-electron chi connectivity index (χ2n) is 11.2. The number of carbonyl (C=O) groups excluding carboxylic acids is 2. The molecule has 0 aliphatic carbocycles. The first-order valence-electron chi connectivity index (χ1n) is 14.3. The number of likely N-dealkylation sites (tertiary alicyclic amines) is 1. The first kappa shape index (κ1) is 26.9. The lowest BCUT2D eigenvalue weighted by atomic mass is 9.87. The van der Waals surface area contributed by atoms with Gasteiger partial charge in [0.15, 0.2) is 0 Å². The Balaban J connectivity index is 1.50. The quantitative estimate of drug-likeness (QED) is 0.283. The van der Waals surface area contributed by atoms with E-state index in [4.69, 9.17) is 0 Å². The van der Waals surface area contributed by atoms with Crippen LogP contribution in [0.4, 0.5) is 4.79 Å². The first-order valence-corrected chi connectivity index (χ1v) is 14.3. The molecular formula is C35H36N4O2. The minimum Gasteiger partial charge on any atom is -0.323 e. The first-order chi connectivity index (χ1) is 20.1. The average Bonchev–Trinajstić information content (AvgIpc) is 3.25. The van der Waals surface area contributed by atoms with Gasteiger partial charge in [-0.15, -0.1) is 0 Å². The zero-order chi connectivity index (χ0) is 28.2. The number of piperidine rings is 1. The Bertz CT molecular complexity index is 1290. The summed E-state index contributed by atoms with van der Waals surface area (Å²) in [5.41, 5.74) is 3.54. The lowest BCUT2D eigenvalue weighted by Gasteiger charge is -2.41. The molecule has 6 nitrogen and oxygen atoms in total. The fraction of sp³-hybridized carbons (Fsp3) is 0.257.